The van der Waals surface area contributed by atoms with Crippen molar-refractivity contribution in [3.63, 3.8) is 0 Å². The van der Waals surface area contributed by atoms with Gasteiger partial charge in [0.1, 0.15) is 0 Å². The van der Waals surface area contributed by atoms with E-state index in [1.807, 2.05) is 30.3 Å². The van der Waals surface area contributed by atoms with E-state index in [4.69, 9.17) is 4.74 Å². The normalized spacial score (nSPS) is 22.0. The molecule has 0 spiro atoms. The summed E-state index contributed by atoms with van der Waals surface area (Å²) >= 11 is 0. The summed E-state index contributed by atoms with van der Waals surface area (Å²) in [7, 11) is 1.57. The fraction of sp³-hybridized carbons (Fsp3) is 0.480. The number of carbonyl (C=O) groups is 1. The number of piperidine rings is 1. The summed E-state index contributed by atoms with van der Waals surface area (Å²) in [6.07, 6.45) is -9.23. The third kappa shape index (κ3) is 6.76. The molecule has 3 atom stereocenters. The van der Waals surface area contributed by atoms with E-state index in [1.54, 1.807) is 7.05 Å². The zero-order chi connectivity index (χ0) is 25.9. The third-order valence-corrected chi connectivity index (χ3v) is 6.45. The van der Waals surface area contributed by atoms with E-state index in [-0.39, 0.29) is 30.1 Å². The molecule has 2 aromatic carbocycles. The Morgan fingerprint density at radius 2 is 1.69 bits per heavy atom. The molecule has 2 aromatic rings. The van der Waals surface area contributed by atoms with Crippen molar-refractivity contribution < 1.29 is 35.9 Å². The second-order valence-electron chi connectivity index (χ2n) is 8.90. The smallest absolute Gasteiger partial charge is 0.372 e. The molecular formula is C25H28F6N2O2. The van der Waals surface area contributed by atoms with Crippen LogP contribution < -0.4 is 10.6 Å². The maximum atomic E-state index is 13.3. The van der Waals surface area contributed by atoms with Crippen molar-refractivity contribution in [3.8, 4) is 0 Å². The number of hydrogen-bond acceptors (Lipinski definition) is 3. The first-order chi connectivity index (χ1) is 16.3. The number of amides is 1. The first kappa shape index (κ1) is 27.0. The summed E-state index contributed by atoms with van der Waals surface area (Å²) < 4.78 is 85.5. The molecule has 0 saturated carbocycles. The zero-order valence-electron chi connectivity index (χ0n) is 19.4. The summed E-state index contributed by atoms with van der Waals surface area (Å²) in [4.78, 5) is 11.8. The molecule has 10 heteroatoms. The number of hydrogen-bond donors (Lipinski definition) is 2. The molecule has 1 amide bonds. The maximum absolute atomic E-state index is 13.3. The molecule has 35 heavy (non-hydrogen) atoms. The Labute approximate surface area is 200 Å². The van der Waals surface area contributed by atoms with Gasteiger partial charge in [0.2, 0.25) is 5.91 Å². The second kappa shape index (κ2) is 10.6. The average Bonchev–Trinajstić information content (AvgIpc) is 2.82. The van der Waals surface area contributed by atoms with Gasteiger partial charge in [0, 0.05) is 13.5 Å². The summed E-state index contributed by atoms with van der Waals surface area (Å²) in [5.41, 5.74) is -2.75. The maximum Gasteiger partial charge on any atom is 0.416 e. The van der Waals surface area contributed by atoms with Crippen LogP contribution in [-0.2, 0) is 27.4 Å². The van der Waals surface area contributed by atoms with Gasteiger partial charge < -0.3 is 15.4 Å². The summed E-state index contributed by atoms with van der Waals surface area (Å²) in [5, 5.41) is 6.04. The highest BCUT2D eigenvalue weighted by molar-refractivity contribution is 5.75. The van der Waals surface area contributed by atoms with Crippen LogP contribution in [0.5, 0.6) is 0 Å². The summed E-state index contributed by atoms with van der Waals surface area (Å²) in [5.74, 6) is 0.0286. The highest BCUT2D eigenvalue weighted by Gasteiger charge is 2.39. The fourth-order valence-electron chi connectivity index (χ4n) is 4.31. The topological polar surface area (TPSA) is 50.4 Å². The lowest BCUT2D eigenvalue weighted by molar-refractivity contribution is -0.143. The van der Waals surface area contributed by atoms with E-state index in [9.17, 15) is 31.1 Å². The SMILES string of the molecule is CNC(=O)C[C@H]1CC[C@@](COC(C)c2cc(C(F)(F)F)cc(C(F)(F)F)c2)(c2ccccc2)NC1. The molecule has 2 N–H and O–H groups in total. The Morgan fingerprint density at radius 3 is 2.17 bits per heavy atom. The van der Waals surface area contributed by atoms with Gasteiger partial charge in [-0.3, -0.25) is 4.79 Å². The van der Waals surface area contributed by atoms with Crippen LogP contribution in [0.2, 0.25) is 0 Å². The van der Waals surface area contributed by atoms with Crippen LogP contribution in [-0.4, -0.2) is 26.1 Å². The molecular weight excluding hydrogens is 474 g/mol. The molecule has 1 unspecified atom stereocenters. The molecule has 0 aliphatic carbocycles. The number of rotatable bonds is 7. The lowest BCUT2D eigenvalue weighted by atomic mass is 9.78. The lowest BCUT2D eigenvalue weighted by Gasteiger charge is -2.42. The second-order valence-corrected chi connectivity index (χ2v) is 8.90. The molecule has 192 valence electrons. The molecule has 0 bridgehead atoms. The van der Waals surface area contributed by atoms with E-state index in [0.29, 0.717) is 37.9 Å². The van der Waals surface area contributed by atoms with Crippen molar-refractivity contribution in [2.75, 3.05) is 20.2 Å². The molecule has 4 nitrogen and oxygen atoms in total. The van der Waals surface area contributed by atoms with Gasteiger partial charge in [-0.1, -0.05) is 30.3 Å². The van der Waals surface area contributed by atoms with Crippen LogP contribution in [0.4, 0.5) is 26.3 Å². The Hall–Kier alpha value is -2.59. The van der Waals surface area contributed by atoms with Gasteiger partial charge in [-0.15, -0.1) is 0 Å². The molecule has 0 radical (unpaired) electrons. The van der Waals surface area contributed by atoms with E-state index in [0.717, 1.165) is 5.56 Å². The van der Waals surface area contributed by atoms with Crippen molar-refractivity contribution in [3.05, 3.63) is 70.8 Å². The minimum absolute atomic E-state index is 0.0302. The minimum Gasteiger partial charge on any atom is -0.372 e. The van der Waals surface area contributed by atoms with Crippen LogP contribution in [0.25, 0.3) is 0 Å². The first-order valence-electron chi connectivity index (χ1n) is 11.3. The molecule has 1 fully saturated rings. The van der Waals surface area contributed by atoms with Crippen LogP contribution in [0, 0.1) is 5.92 Å². The van der Waals surface area contributed by atoms with Gasteiger partial charge in [0.25, 0.3) is 0 Å². The fourth-order valence-corrected chi connectivity index (χ4v) is 4.31. The number of alkyl halides is 6. The predicted molar refractivity (Wildman–Crippen MR) is 118 cm³/mol. The number of ether oxygens (including phenoxy) is 1. The van der Waals surface area contributed by atoms with E-state index in [2.05, 4.69) is 10.6 Å². The van der Waals surface area contributed by atoms with Crippen molar-refractivity contribution >= 4 is 5.91 Å². The molecule has 1 saturated heterocycles. The largest absolute Gasteiger partial charge is 0.416 e. The average molecular weight is 502 g/mol. The Balaban J connectivity index is 1.83. The first-order valence-corrected chi connectivity index (χ1v) is 11.3. The molecule has 3 rings (SSSR count). The molecule has 1 aliphatic heterocycles. The standard InChI is InChI=1S/C25H28F6N2O2/c1-16(18-11-20(24(26,27)28)13-21(12-18)25(29,30)31)35-15-23(19-6-4-3-5-7-19)9-8-17(14-33-23)10-22(34)32-2/h3-7,11-13,16-17,33H,8-10,14-15H2,1-2H3,(H,32,34)/t16?,17-,23-/m1/s1. The van der Waals surface area contributed by atoms with Crippen LogP contribution in [0.1, 0.15) is 54.5 Å². The highest BCUT2D eigenvalue weighted by Crippen LogP contribution is 2.39. The molecule has 1 heterocycles. The van der Waals surface area contributed by atoms with Crippen molar-refractivity contribution in [1.82, 2.24) is 10.6 Å². The van der Waals surface area contributed by atoms with Gasteiger partial charge in [-0.05, 0) is 61.6 Å². The van der Waals surface area contributed by atoms with Gasteiger partial charge >= 0.3 is 12.4 Å². The zero-order valence-corrected chi connectivity index (χ0v) is 19.4. The van der Waals surface area contributed by atoms with Gasteiger partial charge in [0.05, 0.1) is 29.4 Å². The predicted octanol–water partition coefficient (Wildman–Crippen LogP) is 5.83. The number of carbonyl (C=O) groups excluding carboxylic acids is 1. The van der Waals surface area contributed by atoms with Gasteiger partial charge in [-0.25, -0.2) is 0 Å². The summed E-state index contributed by atoms with van der Waals surface area (Å²) in [6, 6.07) is 10.8. The Bertz CT molecular complexity index is 967. The van der Waals surface area contributed by atoms with Crippen LogP contribution >= 0.6 is 0 Å². The quantitative estimate of drug-likeness (QED) is 0.469. The molecule has 0 aromatic heterocycles. The monoisotopic (exact) mass is 502 g/mol. The third-order valence-electron chi connectivity index (χ3n) is 6.45. The van der Waals surface area contributed by atoms with Crippen molar-refractivity contribution in [2.24, 2.45) is 5.92 Å². The lowest BCUT2D eigenvalue weighted by Crippen LogP contribution is -2.52. The van der Waals surface area contributed by atoms with Crippen LogP contribution in [0.15, 0.2) is 48.5 Å². The van der Waals surface area contributed by atoms with Gasteiger partial charge in [0.15, 0.2) is 0 Å². The highest BCUT2D eigenvalue weighted by atomic mass is 19.4. The Kier molecular flexibility index (Phi) is 8.16. The van der Waals surface area contributed by atoms with Crippen molar-refractivity contribution in [2.45, 2.75) is 50.2 Å². The van der Waals surface area contributed by atoms with E-state index in [1.165, 1.54) is 6.92 Å². The van der Waals surface area contributed by atoms with Crippen molar-refractivity contribution in [1.29, 1.82) is 0 Å². The van der Waals surface area contributed by atoms with E-state index >= 15 is 0 Å². The Morgan fingerprint density at radius 1 is 1.09 bits per heavy atom. The number of halogens is 6. The number of nitrogens with one attached hydrogen (secondary N) is 2. The number of benzene rings is 2. The van der Waals surface area contributed by atoms with Gasteiger partial charge in [-0.2, -0.15) is 26.3 Å². The molecule has 1 aliphatic rings. The summed E-state index contributed by atoms with van der Waals surface area (Å²) in [6.45, 7) is 1.98. The minimum atomic E-state index is -4.92. The van der Waals surface area contributed by atoms with E-state index < -0.39 is 35.1 Å². The van der Waals surface area contributed by atoms with Crippen LogP contribution in [0.3, 0.4) is 0 Å².